The number of thiazole rings is 1. The van der Waals surface area contributed by atoms with Gasteiger partial charge in [0.2, 0.25) is 17.7 Å². The van der Waals surface area contributed by atoms with Crippen LogP contribution in [0.25, 0.3) is 10.2 Å². The molecular weight excluding hydrogens is 362 g/mol. The molecule has 1 aromatic carbocycles. The molecule has 0 saturated carbocycles. The topological polar surface area (TPSA) is 70.6 Å². The maximum Gasteiger partial charge on any atom is 0.233 e. The number of benzene rings is 1. The van der Waals surface area contributed by atoms with E-state index in [1.807, 2.05) is 43.3 Å². The third-order valence-electron chi connectivity index (χ3n) is 5.28. The van der Waals surface area contributed by atoms with Crippen LogP contribution in [0.15, 0.2) is 36.4 Å². The molecule has 1 aromatic heterocycles. The Morgan fingerprint density at radius 2 is 1.85 bits per heavy atom. The summed E-state index contributed by atoms with van der Waals surface area (Å²) < 4.78 is 1.03. The molecule has 2 aliphatic rings. The number of imide groups is 1. The molecule has 4 rings (SSSR count). The van der Waals surface area contributed by atoms with Gasteiger partial charge in [0.25, 0.3) is 0 Å². The Hall–Kier alpha value is -2.54. The average Bonchev–Trinajstić information content (AvgIpc) is 3.21. The molecule has 140 valence electrons. The molecule has 0 unspecified atom stereocenters. The van der Waals surface area contributed by atoms with Gasteiger partial charge >= 0.3 is 0 Å². The van der Waals surface area contributed by atoms with Gasteiger partial charge in [-0.15, -0.1) is 0 Å². The number of para-hydroxylation sites is 1. The number of carbonyl (C=O) groups excluding carboxylic acids is 3. The lowest BCUT2D eigenvalue weighted by Gasteiger charge is -2.20. The first-order valence-electron chi connectivity index (χ1n) is 9.26. The lowest BCUT2D eigenvalue weighted by atomic mass is 9.85. The van der Waals surface area contributed by atoms with Gasteiger partial charge in [-0.3, -0.25) is 24.2 Å². The van der Waals surface area contributed by atoms with Crippen molar-refractivity contribution in [3.05, 3.63) is 36.4 Å². The van der Waals surface area contributed by atoms with Crippen LogP contribution in [-0.2, 0) is 14.4 Å². The zero-order valence-corrected chi connectivity index (χ0v) is 15.9. The number of anilines is 1. The molecular formula is C20H21N3O3S. The number of likely N-dealkylation sites (tertiary alicyclic amines) is 1. The van der Waals surface area contributed by atoms with Crippen molar-refractivity contribution >= 4 is 44.4 Å². The summed E-state index contributed by atoms with van der Waals surface area (Å²) in [5, 5.41) is 0.653. The normalized spacial score (nSPS) is 21.7. The molecule has 6 nitrogen and oxygen atoms in total. The summed E-state index contributed by atoms with van der Waals surface area (Å²) in [6.45, 7) is 2.54. The smallest absolute Gasteiger partial charge is 0.233 e. The van der Waals surface area contributed by atoms with E-state index < -0.39 is 0 Å². The Kier molecular flexibility index (Phi) is 4.78. The van der Waals surface area contributed by atoms with Crippen molar-refractivity contribution in [3.63, 3.8) is 0 Å². The minimum atomic E-state index is -0.246. The summed E-state index contributed by atoms with van der Waals surface area (Å²) >= 11 is 1.47. The van der Waals surface area contributed by atoms with Crippen LogP contribution in [0, 0.1) is 11.8 Å². The molecule has 0 spiro atoms. The maximum absolute atomic E-state index is 12.8. The fourth-order valence-corrected chi connectivity index (χ4v) is 4.87. The number of amides is 3. The Morgan fingerprint density at radius 1 is 1.19 bits per heavy atom. The predicted molar refractivity (Wildman–Crippen MR) is 104 cm³/mol. The lowest BCUT2D eigenvalue weighted by Crippen LogP contribution is -2.37. The van der Waals surface area contributed by atoms with Gasteiger partial charge in [-0.25, -0.2) is 4.98 Å². The lowest BCUT2D eigenvalue weighted by molar-refractivity contribution is -0.140. The third-order valence-corrected chi connectivity index (χ3v) is 6.34. The van der Waals surface area contributed by atoms with Gasteiger partial charge in [-0.2, -0.15) is 0 Å². The fourth-order valence-electron chi connectivity index (χ4n) is 3.83. The first-order valence-corrected chi connectivity index (χ1v) is 10.1. The molecule has 1 fully saturated rings. The van der Waals surface area contributed by atoms with E-state index in [1.165, 1.54) is 16.2 Å². The average molecular weight is 383 g/mol. The van der Waals surface area contributed by atoms with Crippen molar-refractivity contribution < 1.29 is 14.4 Å². The van der Waals surface area contributed by atoms with Gasteiger partial charge in [-0.05, 0) is 31.9 Å². The summed E-state index contributed by atoms with van der Waals surface area (Å²) in [5.41, 5.74) is 0.866. The molecule has 3 amide bonds. The highest BCUT2D eigenvalue weighted by Crippen LogP contribution is 2.35. The van der Waals surface area contributed by atoms with E-state index in [2.05, 4.69) is 4.98 Å². The molecule has 27 heavy (non-hydrogen) atoms. The van der Waals surface area contributed by atoms with E-state index in [9.17, 15) is 14.4 Å². The molecule has 7 heteroatoms. The summed E-state index contributed by atoms with van der Waals surface area (Å²) in [5.74, 6) is -0.881. The monoisotopic (exact) mass is 383 g/mol. The van der Waals surface area contributed by atoms with Gasteiger partial charge in [0, 0.05) is 19.5 Å². The van der Waals surface area contributed by atoms with Crippen molar-refractivity contribution in [2.45, 2.75) is 26.2 Å². The molecule has 2 heterocycles. The van der Waals surface area contributed by atoms with Crippen molar-refractivity contribution in [1.29, 1.82) is 0 Å². The van der Waals surface area contributed by atoms with Crippen LogP contribution in [0.5, 0.6) is 0 Å². The summed E-state index contributed by atoms with van der Waals surface area (Å²) in [4.78, 5) is 45.3. The zero-order valence-electron chi connectivity index (χ0n) is 15.1. The van der Waals surface area contributed by atoms with Gasteiger partial charge in [0.15, 0.2) is 5.13 Å². The summed E-state index contributed by atoms with van der Waals surface area (Å²) in [7, 11) is 0. The molecule has 1 aliphatic heterocycles. The number of hydrogen-bond donors (Lipinski definition) is 0. The van der Waals surface area contributed by atoms with Gasteiger partial charge in [0.1, 0.15) is 0 Å². The third kappa shape index (κ3) is 3.16. The van der Waals surface area contributed by atoms with Crippen molar-refractivity contribution in [1.82, 2.24) is 9.88 Å². The number of hydrogen-bond acceptors (Lipinski definition) is 5. The van der Waals surface area contributed by atoms with Crippen LogP contribution in [0.4, 0.5) is 5.13 Å². The van der Waals surface area contributed by atoms with Crippen molar-refractivity contribution in [2.24, 2.45) is 11.8 Å². The minimum Gasteiger partial charge on any atom is -0.288 e. The molecule has 1 aliphatic carbocycles. The fraction of sp³-hybridized carbons (Fsp3) is 0.400. The quantitative estimate of drug-likeness (QED) is 0.588. The summed E-state index contributed by atoms with van der Waals surface area (Å²) in [6.07, 6.45) is 5.28. The van der Waals surface area contributed by atoms with E-state index in [1.54, 1.807) is 4.90 Å². The van der Waals surface area contributed by atoms with E-state index in [-0.39, 0.29) is 42.5 Å². The van der Waals surface area contributed by atoms with Crippen LogP contribution in [-0.4, -0.2) is 40.7 Å². The maximum atomic E-state index is 12.8. The first kappa shape index (κ1) is 17.9. The van der Waals surface area contributed by atoms with Crippen LogP contribution < -0.4 is 4.90 Å². The van der Waals surface area contributed by atoms with Crippen LogP contribution in [0.2, 0.25) is 0 Å². The Bertz CT molecular complexity index is 876. The second-order valence-electron chi connectivity index (χ2n) is 6.84. The molecule has 2 aromatic rings. The highest BCUT2D eigenvalue weighted by Gasteiger charge is 2.47. The van der Waals surface area contributed by atoms with Crippen LogP contribution in [0.3, 0.4) is 0 Å². The zero-order chi connectivity index (χ0) is 19.0. The number of nitrogens with zero attached hydrogens (tertiary/aromatic N) is 3. The predicted octanol–water partition coefficient (Wildman–Crippen LogP) is 2.99. The van der Waals surface area contributed by atoms with Gasteiger partial charge in [-0.1, -0.05) is 35.6 Å². The number of aromatic nitrogens is 1. The van der Waals surface area contributed by atoms with E-state index >= 15 is 0 Å². The Labute approximate surface area is 161 Å². The molecule has 0 bridgehead atoms. The SMILES string of the molecule is CCN(C(=O)CCN1C(=O)[C@H]2CC=CC[C@H]2C1=O)c1nc2ccccc2s1. The summed E-state index contributed by atoms with van der Waals surface area (Å²) in [6, 6.07) is 7.77. The first-order chi connectivity index (χ1) is 13.1. The Balaban J connectivity index is 1.45. The number of fused-ring (bicyclic) bond motifs is 2. The number of allylic oxidation sites excluding steroid dienone is 2. The standard InChI is InChI=1S/C20H21N3O3S/c1-2-22(20-21-15-9-5-6-10-16(15)27-20)17(24)11-12-23-18(25)13-7-3-4-8-14(13)19(23)26/h3-6,9-10,13-14H,2,7-8,11-12H2,1H3/t13-,14+. The van der Waals surface area contributed by atoms with Crippen molar-refractivity contribution in [3.8, 4) is 0 Å². The molecule has 2 atom stereocenters. The van der Waals surface area contributed by atoms with E-state index in [4.69, 9.17) is 0 Å². The molecule has 0 radical (unpaired) electrons. The van der Waals surface area contributed by atoms with Crippen LogP contribution >= 0.6 is 11.3 Å². The highest BCUT2D eigenvalue weighted by atomic mass is 32.1. The second kappa shape index (κ2) is 7.23. The highest BCUT2D eigenvalue weighted by molar-refractivity contribution is 7.22. The number of rotatable bonds is 5. The number of carbonyl (C=O) groups is 3. The minimum absolute atomic E-state index is 0.119. The van der Waals surface area contributed by atoms with Crippen LogP contribution in [0.1, 0.15) is 26.2 Å². The molecule has 1 saturated heterocycles. The van der Waals surface area contributed by atoms with Gasteiger partial charge in [0.05, 0.1) is 22.1 Å². The Morgan fingerprint density at radius 3 is 2.48 bits per heavy atom. The van der Waals surface area contributed by atoms with Gasteiger partial charge < -0.3 is 0 Å². The largest absolute Gasteiger partial charge is 0.288 e. The van der Waals surface area contributed by atoms with E-state index in [0.717, 1.165) is 10.2 Å². The molecule has 0 N–H and O–H groups in total. The second-order valence-corrected chi connectivity index (χ2v) is 7.85. The van der Waals surface area contributed by atoms with Crippen molar-refractivity contribution in [2.75, 3.05) is 18.0 Å². The van der Waals surface area contributed by atoms with E-state index in [0.29, 0.717) is 24.5 Å².